The molecule has 0 spiro atoms. The van der Waals surface area contributed by atoms with Crippen LogP contribution in [0.15, 0.2) is 48.8 Å². The normalized spacial score (nSPS) is 12.1. The first-order valence-corrected chi connectivity index (χ1v) is 11.2. The second-order valence-corrected chi connectivity index (χ2v) is 8.86. The Morgan fingerprint density at radius 1 is 1.16 bits per heavy atom. The Morgan fingerprint density at radius 2 is 1.95 bits per heavy atom. The van der Waals surface area contributed by atoms with Crippen LogP contribution in [0.1, 0.15) is 32.0 Å². The minimum absolute atomic E-state index is 0.0502. The molecule has 0 fully saturated rings. The number of pyridine rings is 2. The van der Waals surface area contributed by atoms with Crippen molar-refractivity contribution in [3.8, 4) is 23.1 Å². The van der Waals surface area contributed by atoms with Crippen molar-refractivity contribution >= 4 is 17.2 Å². The van der Waals surface area contributed by atoms with Gasteiger partial charge in [0.15, 0.2) is 0 Å². The number of carbonyl (C=O) groups excluding carboxylic acids is 1. The van der Waals surface area contributed by atoms with Crippen LogP contribution in [0.25, 0.3) is 17.0 Å². The average Bonchev–Trinajstić information content (AvgIpc) is 3.21. The van der Waals surface area contributed by atoms with Gasteiger partial charge in [0, 0.05) is 38.5 Å². The predicted molar refractivity (Wildman–Crippen MR) is 128 cm³/mol. The van der Waals surface area contributed by atoms with Gasteiger partial charge in [0.05, 0.1) is 5.60 Å². The number of fused-ring (bicyclic) bond motifs is 1. The molecule has 3 N–H and O–H groups in total. The first kappa shape index (κ1) is 26.0. The van der Waals surface area contributed by atoms with Crippen LogP contribution in [0, 0.1) is 0 Å². The van der Waals surface area contributed by atoms with Gasteiger partial charge in [-0.25, -0.2) is 14.5 Å². The van der Waals surface area contributed by atoms with Gasteiger partial charge in [-0.3, -0.25) is 4.79 Å². The topological polar surface area (TPSA) is 127 Å². The summed E-state index contributed by atoms with van der Waals surface area (Å²) in [6.07, 6.45) is -1.58. The van der Waals surface area contributed by atoms with E-state index in [1.807, 2.05) is 0 Å². The number of carbonyl (C=O) groups is 1. The van der Waals surface area contributed by atoms with Crippen LogP contribution in [0.3, 0.4) is 0 Å². The van der Waals surface area contributed by atoms with E-state index >= 15 is 0 Å². The van der Waals surface area contributed by atoms with E-state index < -0.39 is 17.5 Å². The molecule has 0 bridgehead atoms. The Morgan fingerprint density at radius 3 is 2.65 bits per heavy atom. The van der Waals surface area contributed by atoms with Crippen molar-refractivity contribution in [2.75, 3.05) is 11.9 Å². The number of aliphatic hydroxyl groups is 1. The third-order valence-electron chi connectivity index (χ3n) is 4.95. The van der Waals surface area contributed by atoms with Gasteiger partial charge in [-0.15, -0.1) is 5.10 Å². The number of hydrogen-bond acceptors (Lipinski definition) is 8. The smallest absolute Gasteiger partial charge is 0.433 e. The maximum atomic E-state index is 13.2. The van der Waals surface area contributed by atoms with Crippen molar-refractivity contribution in [1.82, 2.24) is 29.9 Å². The van der Waals surface area contributed by atoms with E-state index in [9.17, 15) is 23.1 Å². The van der Waals surface area contributed by atoms with Gasteiger partial charge in [0.25, 0.3) is 0 Å². The minimum atomic E-state index is -4.64. The Labute approximate surface area is 209 Å². The van der Waals surface area contributed by atoms with Crippen LogP contribution in [-0.2, 0) is 17.5 Å². The molecule has 194 valence electrons. The molecule has 4 heterocycles. The highest BCUT2D eigenvalue weighted by molar-refractivity contribution is 5.87. The standard InChI is InChI=1S/C24H24F3N7O3/c1-14(35)30-19-11-16(7-9-29-19)37-22-20-15(12-28-13-23(2,3)36)8-10-34(20)33-21(32-22)17-5-4-6-18(31-17)24(25,26)27/h4-11,28,36H,12-13H2,1-3H3,(H,29,30,35). The van der Waals surface area contributed by atoms with Crippen LogP contribution in [0.5, 0.6) is 11.6 Å². The highest BCUT2D eigenvalue weighted by Crippen LogP contribution is 2.32. The van der Waals surface area contributed by atoms with E-state index in [4.69, 9.17) is 4.74 Å². The molecule has 0 radical (unpaired) electrons. The summed E-state index contributed by atoms with van der Waals surface area (Å²) in [7, 11) is 0. The van der Waals surface area contributed by atoms with Crippen molar-refractivity contribution in [2.45, 2.75) is 39.1 Å². The summed E-state index contributed by atoms with van der Waals surface area (Å²) in [5.74, 6) is 0.167. The summed E-state index contributed by atoms with van der Waals surface area (Å²) in [6, 6.07) is 8.24. The Hall–Kier alpha value is -4.10. The fourth-order valence-corrected chi connectivity index (χ4v) is 3.43. The van der Waals surface area contributed by atoms with Crippen molar-refractivity contribution in [3.63, 3.8) is 0 Å². The van der Waals surface area contributed by atoms with E-state index in [2.05, 4.69) is 30.7 Å². The third-order valence-corrected chi connectivity index (χ3v) is 4.95. The van der Waals surface area contributed by atoms with Crippen LogP contribution in [0.4, 0.5) is 19.0 Å². The molecule has 0 unspecified atom stereocenters. The summed E-state index contributed by atoms with van der Waals surface area (Å²) >= 11 is 0. The number of halogens is 3. The lowest BCUT2D eigenvalue weighted by Crippen LogP contribution is -2.34. The zero-order valence-corrected chi connectivity index (χ0v) is 20.2. The van der Waals surface area contributed by atoms with Crippen molar-refractivity contribution in [3.05, 3.63) is 60.0 Å². The lowest BCUT2D eigenvalue weighted by atomic mass is 10.1. The molecular formula is C24H24F3N7O3. The SMILES string of the molecule is CC(=O)Nc1cc(Oc2nc(-c3cccc(C(F)(F)F)n3)nn3ccc(CNCC(C)(C)O)c23)ccn1. The first-order valence-electron chi connectivity index (χ1n) is 11.2. The molecule has 0 saturated heterocycles. The molecule has 37 heavy (non-hydrogen) atoms. The van der Waals surface area contributed by atoms with Crippen LogP contribution in [0.2, 0.25) is 0 Å². The zero-order valence-electron chi connectivity index (χ0n) is 20.2. The number of nitrogens with one attached hydrogen (secondary N) is 2. The summed E-state index contributed by atoms with van der Waals surface area (Å²) in [6.45, 7) is 5.30. The molecule has 0 aliphatic carbocycles. The molecule has 4 rings (SSSR count). The minimum Gasteiger partial charge on any atom is -0.437 e. The van der Waals surface area contributed by atoms with Crippen LogP contribution in [-0.4, -0.2) is 47.7 Å². The fraction of sp³-hybridized carbons (Fsp3) is 0.292. The monoisotopic (exact) mass is 515 g/mol. The summed E-state index contributed by atoms with van der Waals surface area (Å²) in [5, 5.41) is 20.1. The molecule has 4 aromatic heterocycles. The highest BCUT2D eigenvalue weighted by atomic mass is 19.4. The van der Waals surface area contributed by atoms with Gasteiger partial charge < -0.3 is 20.5 Å². The number of aromatic nitrogens is 5. The number of rotatable bonds is 8. The van der Waals surface area contributed by atoms with Crippen molar-refractivity contribution in [1.29, 1.82) is 0 Å². The van der Waals surface area contributed by atoms with Crippen LogP contribution < -0.4 is 15.4 Å². The molecule has 4 aromatic rings. The third kappa shape index (κ3) is 6.57. The van der Waals surface area contributed by atoms with Gasteiger partial charge >= 0.3 is 6.18 Å². The molecule has 0 aliphatic heterocycles. The number of alkyl halides is 3. The summed E-state index contributed by atoms with van der Waals surface area (Å²) in [5.41, 5.74) is -0.930. The van der Waals surface area contributed by atoms with E-state index in [1.54, 1.807) is 32.2 Å². The summed E-state index contributed by atoms with van der Waals surface area (Å²) < 4.78 is 47.2. The van der Waals surface area contributed by atoms with E-state index in [0.29, 0.717) is 18.6 Å². The molecule has 0 atom stereocenters. The number of nitrogens with zero attached hydrogens (tertiary/aromatic N) is 5. The maximum absolute atomic E-state index is 13.2. The molecule has 13 heteroatoms. The quantitative estimate of drug-likeness (QED) is 0.323. The van der Waals surface area contributed by atoms with Crippen LogP contribution >= 0.6 is 0 Å². The van der Waals surface area contributed by atoms with Gasteiger partial charge in [-0.1, -0.05) is 6.07 Å². The van der Waals surface area contributed by atoms with Crippen molar-refractivity contribution < 1.29 is 27.8 Å². The Balaban J connectivity index is 1.78. The molecule has 0 aromatic carbocycles. The Bertz CT molecular complexity index is 1430. The molecule has 1 amide bonds. The van der Waals surface area contributed by atoms with Gasteiger partial charge in [0.2, 0.25) is 17.6 Å². The predicted octanol–water partition coefficient (Wildman–Crippen LogP) is 3.82. The Kier molecular flexibility index (Phi) is 7.09. The van der Waals surface area contributed by atoms with Gasteiger partial charge in [-0.05, 0) is 43.7 Å². The lowest BCUT2D eigenvalue weighted by molar-refractivity contribution is -0.141. The highest BCUT2D eigenvalue weighted by Gasteiger charge is 2.33. The van der Waals surface area contributed by atoms with E-state index in [-0.39, 0.29) is 34.9 Å². The lowest BCUT2D eigenvalue weighted by Gasteiger charge is -2.17. The second kappa shape index (κ2) is 10.1. The maximum Gasteiger partial charge on any atom is 0.433 e. The molecule has 10 nitrogen and oxygen atoms in total. The van der Waals surface area contributed by atoms with Crippen molar-refractivity contribution in [2.24, 2.45) is 0 Å². The van der Waals surface area contributed by atoms with Gasteiger partial charge in [-0.2, -0.15) is 18.2 Å². The second-order valence-electron chi connectivity index (χ2n) is 8.86. The first-order chi connectivity index (χ1) is 17.4. The van der Waals surface area contributed by atoms with Gasteiger partial charge in [0.1, 0.15) is 28.5 Å². The molecule has 0 aliphatic rings. The zero-order chi connectivity index (χ0) is 26.8. The largest absolute Gasteiger partial charge is 0.437 e. The number of anilines is 1. The summed E-state index contributed by atoms with van der Waals surface area (Å²) in [4.78, 5) is 23.5. The van der Waals surface area contributed by atoms with E-state index in [1.165, 1.54) is 35.8 Å². The molecule has 0 saturated carbocycles. The average molecular weight is 515 g/mol. The number of amides is 1. The number of hydrogen-bond donors (Lipinski definition) is 3. The fourth-order valence-electron chi connectivity index (χ4n) is 3.43. The number of ether oxygens (including phenoxy) is 1. The van der Waals surface area contributed by atoms with E-state index in [0.717, 1.165) is 11.6 Å². The molecular weight excluding hydrogens is 491 g/mol.